The Kier molecular flexibility index (Phi) is 4.89. The van der Waals surface area contributed by atoms with Gasteiger partial charge in [0.2, 0.25) is 0 Å². The first-order valence-electron chi connectivity index (χ1n) is 9.85. The molecule has 0 bridgehead atoms. The third kappa shape index (κ3) is 4.18. The first-order chi connectivity index (χ1) is 13.8. The van der Waals surface area contributed by atoms with Crippen LogP contribution < -0.4 is 4.90 Å². The second-order valence-corrected chi connectivity index (χ2v) is 8.34. The molecule has 3 aromatic rings. The summed E-state index contributed by atoms with van der Waals surface area (Å²) in [5, 5.41) is 8.72. The van der Waals surface area contributed by atoms with Crippen LogP contribution >= 0.6 is 0 Å². The average molecular weight is 397 g/mol. The largest absolute Gasteiger partial charge is 0.444 e. The molecule has 1 aliphatic heterocycles. The standard InChI is InChI=1S/C20H27N7O2/c1-20(2,3)29-19(28)26-7-5-6-25(8-9-26)17-12-23-27-14-16(21-11-18(17)27)15-10-22-24(4)13-15/h10-14H,5-9H2,1-4H3. The monoisotopic (exact) mass is 397 g/mol. The van der Waals surface area contributed by atoms with Crippen molar-refractivity contribution in [2.45, 2.75) is 32.8 Å². The highest BCUT2D eigenvalue weighted by Crippen LogP contribution is 2.25. The van der Waals surface area contributed by atoms with Crippen LogP contribution in [0.1, 0.15) is 27.2 Å². The van der Waals surface area contributed by atoms with E-state index in [0.29, 0.717) is 13.1 Å². The number of carbonyl (C=O) groups excluding carboxylic acids is 1. The topological polar surface area (TPSA) is 80.8 Å². The van der Waals surface area contributed by atoms with Crippen molar-refractivity contribution in [1.29, 1.82) is 0 Å². The lowest BCUT2D eigenvalue weighted by Gasteiger charge is -2.26. The number of aromatic nitrogens is 5. The molecule has 1 aliphatic rings. The minimum atomic E-state index is -0.483. The van der Waals surface area contributed by atoms with Gasteiger partial charge in [-0.05, 0) is 27.2 Å². The maximum atomic E-state index is 12.4. The van der Waals surface area contributed by atoms with Gasteiger partial charge in [0, 0.05) is 45.0 Å². The van der Waals surface area contributed by atoms with Gasteiger partial charge < -0.3 is 14.5 Å². The molecule has 4 heterocycles. The van der Waals surface area contributed by atoms with Gasteiger partial charge in [-0.15, -0.1) is 0 Å². The van der Waals surface area contributed by atoms with Crippen molar-refractivity contribution in [3.05, 3.63) is 31.0 Å². The van der Waals surface area contributed by atoms with Crippen LogP contribution in [-0.2, 0) is 11.8 Å². The van der Waals surface area contributed by atoms with Crippen LogP contribution in [0.2, 0.25) is 0 Å². The van der Waals surface area contributed by atoms with Crippen LogP contribution in [0.4, 0.5) is 10.5 Å². The number of hydrogen-bond donors (Lipinski definition) is 0. The number of aryl methyl sites for hydroxylation is 1. The van der Waals surface area contributed by atoms with E-state index in [9.17, 15) is 4.79 Å². The second-order valence-electron chi connectivity index (χ2n) is 8.34. The summed E-state index contributed by atoms with van der Waals surface area (Å²) in [7, 11) is 1.88. The van der Waals surface area contributed by atoms with Gasteiger partial charge in [0.15, 0.2) is 0 Å². The van der Waals surface area contributed by atoms with Crippen molar-refractivity contribution >= 4 is 17.3 Å². The van der Waals surface area contributed by atoms with Crippen molar-refractivity contribution in [1.82, 2.24) is 29.3 Å². The van der Waals surface area contributed by atoms with Crippen LogP contribution in [0.5, 0.6) is 0 Å². The average Bonchev–Trinajstić information content (AvgIpc) is 3.19. The van der Waals surface area contributed by atoms with Crippen LogP contribution in [0.15, 0.2) is 31.0 Å². The Balaban J connectivity index is 1.50. The molecular weight excluding hydrogens is 370 g/mol. The van der Waals surface area contributed by atoms with Gasteiger partial charge in [0.1, 0.15) is 11.1 Å². The van der Waals surface area contributed by atoms with Gasteiger partial charge >= 0.3 is 6.09 Å². The Morgan fingerprint density at radius 2 is 1.86 bits per heavy atom. The number of anilines is 1. The number of rotatable bonds is 2. The number of fused-ring (bicyclic) bond motifs is 1. The summed E-state index contributed by atoms with van der Waals surface area (Å²) in [5.74, 6) is 0. The molecule has 1 saturated heterocycles. The summed E-state index contributed by atoms with van der Waals surface area (Å²) in [4.78, 5) is 21.0. The molecule has 9 nitrogen and oxygen atoms in total. The molecule has 0 spiro atoms. The summed E-state index contributed by atoms with van der Waals surface area (Å²) >= 11 is 0. The van der Waals surface area contributed by atoms with Crippen molar-refractivity contribution < 1.29 is 9.53 Å². The Labute approximate surface area is 169 Å². The molecule has 1 fully saturated rings. The molecule has 3 aromatic heterocycles. The molecule has 0 radical (unpaired) electrons. The van der Waals surface area contributed by atoms with Crippen LogP contribution in [0.3, 0.4) is 0 Å². The summed E-state index contributed by atoms with van der Waals surface area (Å²) in [6.45, 7) is 8.56. The lowest BCUT2D eigenvalue weighted by Crippen LogP contribution is -2.39. The molecular formula is C20H27N7O2. The smallest absolute Gasteiger partial charge is 0.410 e. The van der Waals surface area contributed by atoms with Crippen molar-refractivity contribution in [3.63, 3.8) is 0 Å². The molecule has 1 amide bonds. The fraction of sp³-hybridized carbons (Fsp3) is 0.500. The Morgan fingerprint density at radius 1 is 1.03 bits per heavy atom. The molecule has 0 aromatic carbocycles. The van der Waals surface area contributed by atoms with Crippen molar-refractivity contribution in [2.75, 3.05) is 31.1 Å². The number of amides is 1. The lowest BCUT2D eigenvalue weighted by atomic mass is 10.2. The number of nitrogens with zero attached hydrogens (tertiary/aromatic N) is 7. The normalized spacial score (nSPS) is 15.6. The Morgan fingerprint density at radius 3 is 2.59 bits per heavy atom. The van der Waals surface area contributed by atoms with E-state index < -0.39 is 5.60 Å². The van der Waals surface area contributed by atoms with Gasteiger partial charge in [-0.25, -0.2) is 9.31 Å². The lowest BCUT2D eigenvalue weighted by molar-refractivity contribution is 0.0263. The maximum absolute atomic E-state index is 12.4. The molecule has 29 heavy (non-hydrogen) atoms. The fourth-order valence-corrected chi connectivity index (χ4v) is 3.48. The summed E-state index contributed by atoms with van der Waals surface area (Å²) in [6.07, 6.45) is 9.98. The summed E-state index contributed by atoms with van der Waals surface area (Å²) < 4.78 is 9.12. The fourth-order valence-electron chi connectivity index (χ4n) is 3.48. The highest BCUT2D eigenvalue weighted by atomic mass is 16.6. The molecule has 4 rings (SSSR count). The third-order valence-electron chi connectivity index (χ3n) is 4.87. The van der Waals surface area contributed by atoms with Crippen molar-refractivity contribution in [2.24, 2.45) is 7.05 Å². The van der Waals surface area contributed by atoms with Crippen molar-refractivity contribution in [3.8, 4) is 11.3 Å². The zero-order chi connectivity index (χ0) is 20.6. The van der Waals surface area contributed by atoms with Crippen LogP contribution in [-0.4, -0.2) is 67.2 Å². The molecule has 0 N–H and O–H groups in total. The minimum absolute atomic E-state index is 0.248. The van der Waals surface area contributed by atoms with Crippen LogP contribution in [0.25, 0.3) is 16.8 Å². The van der Waals surface area contributed by atoms with Gasteiger partial charge in [-0.2, -0.15) is 10.2 Å². The summed E-state index contributed by atoms with van der Waals surface area (Å²) in [5.41, 5.74) is 3.27. The molecule has 9 heteroatoms. The van der Waals surface area contributed by atoms with E-state index in [4.69, 9.17) is 4.74 Å². The zero-order valence-corrected chi connectivity index (χ0v) is 17.4. The van der Waals surface area contributed by atoms with E-state index in [-0.39, 0.29) is 6.09 Å². The van der Waals surface area contributed by atoms with E-state index in [1.165, 1.54) is 0 Å². The van der Waals surface area contributed by atoms with E-state index in [1.807, 2.05) is 57.1 Å². The quantitative estimate of drug-likeness (QED) is 0.661. The summed E-state index contributed by atoms with van der Waals surface area (Å²) in [6, 6.07) is 0. The maximum Gasteiger partial charge on any atom is 0.410 e. The van der Waals surface area contributed by atoms with Gasteiger partial charge in [-0.1, -0.05) is 0 Å². The first-order valence-corrected chi connectivity index (χ1v) is 9.85. The number of hydrogen-bond acceptors (Lipinski definition) is 6. The minimum Gasteiger partial charge on any atom is -0.444 e. The molecule has 0 saturated carbocycles. The van der Waals surface area contributed by atoms with E-state index in [2.05, 4.69) is 20.1 Å². The SMILES string of the molecule is Cn1cc(-c2cn3ncc(N4CCCN(C(=O)OC(C)(C)C)CC4)c3cn2)cn1. The van der Waals surface area contributed by atoms with Gasteiger partial charge in [-0.3, -0.25) is 9.67 Å². The van der Waals surface area contributed by atoms with Gasteiger partial charge in [0.25, 0.3) is 0 Å². The third-order valence-corrected chi connectivity index (χ3v) is 4.87. The first kappa shape index (κ1) is 19.2. The number of ether oxygens (including phenoxy) is 1. The molecule has 154 valence electrons. The highest BCUT2D eigenvalue weighted by Gasteiger charge is 2.25. The van der Waals surface area contributed by atoms with Crippen LogP contribution in [0, 0.1) is 0 Å². The Bertz CT molecular complexity index is 1020. The zero-order valence-electron chi connectivity index (χ0n) is 17.4. The van der Waals surface area contributed by atoms with Gasteiger partial charge in [0.05, 0.1) is 36.2 Å². The Hall–Kier alpha value is -3.10. The number of carbonyl (C=O) groups is 1. The van der Waals surface area contributed by atoms with E-state index >= 15 is 0 Å². The van der Waals surface area contributed by atoms with E-state index in [0.717, 1.165) is 42.0 Å². The highest BCUT2D eigenvalue weighted by molar-refractivity contribution is 5.73. The molecule has 0 unspecified atom stereocenters. The predicted octanol–water partition coefficient (Wildman–Crippen LogP) is 2.58. The molecule has 0 atom stereocenters. The predicted molar refractivity (Wildman–Crippen MR) is 110 cm³/mol. The second kappa shape index (κ2) is 7.38. The van der Waals surface area contributed by atoms with E-state index in [1.54, 1.807) is 15.8 Å². The molecule has 0 aliphatic carbocycles.